The lowest BCUT2D eigenvalue weighted by Gasteiger charge is -2.14. The molecule has 0 bridgehead atoms. The SMILES string of the molecule is Cc1nnc(NC(=O)CSc2nc3c(c(=O)n2-c2ccc(OC(F)(F)F)cc2)SCC3)s1. The highest BCUT2D eigenvalue weighted by molar-refractivity contribution is 8.00. The first kappa shape index (κ1) is 22.6. The first-order valence-corrected chi connectivity index (χ1v) is 11.9. The van der Waals surface area contributed by atoms with E-state index in [1.165, 1.54) is 39.8 Å². The number of benzene rings is 1. The minimum Gasteiger partial charge on any atom is -0.406 e. The van der Waals surface area contributed by atoms with Crippen molar-refractivity contribution in [3.63, 3.8) is 0 Å². The minimum absolute atomic E-state index is 0.0493. The van der Waals surface area contributed by atoms with Gasteiger partial charge in [0.25, 0.3) is 5.56 Å². The molecule has 1 N–H and O–H groups in total. The average Bonchev–Trinajstić information content (AvgIpc) is 3.35. The van der Waals surface area contributed by atoms with Crippen LogP contribution in [-0.2, 0) is 11.2 Å². The summed E-state index contributed by atoms with van der Waals surface area (Å²) in [5.74, 6) is -0.0952. The largest absolute Gasteiger partial charge is 0.573 e. The lowest BCUT2D eigenvalue weighted by Crippen LogP contribution is -2.24. The molecule has 0 saturated heterocycles. The normalized spacial score (nSPS) is 13.1. The number of halogens is 3. The zero-order chi connectivity index (χ0) is 22.9. The van der Waals surface area contributed by atoms with Crippen LogP contribution in [-0.4, -0.2) is 43.5 Å². The predicted octanol–water partition coefficient (Wildman–Crippen LogP) is 3.67. The molecule has 0 saturated carbocycles. The van der Waals surface area contributed by atoms with Crippen LogP contribution in [0.2, 0.25) is 0 Å². The Morgan fingerprint density at radius 1 is 1.28 bits per heavy atom. The number of ether oxygens (including phenoxy) is 1. The molecule has 2 aromatic heterocycles. The first-order valence-electron chi connectivity index (χ1n) is 9.07. The van der Waals surface area contributed by atoms with Gasteiger partial charge in [-0.05, 0) is 31.2 Å². The van der Waals surface area contributed by atoms with Crippen molar-refractivity contribution in [2.24, 2.45) is 0 Å². The van der Waals surface area contributed by atoms with Crippen molar-refractivity contribution >= 4 is 45.9 Å². The summed E-state index contributed by atoms with van der Waals surface area (Å²) in [6.07, 6.45) is -4.19. The molecule has 1 aliphatic rings. The molecule has 168 valence electrons. The molecule has 4 rings (SSSR count). The Morgan fingerprint density at radius 2 is 2.03 bits per heavy atom. The van der Waals surface area contributed by atoms with E-state index in [-0.39, 0.29) is 22.4 Å². The lowest BCUT2D eigenvalue weighted by molar-refractivity contribution is -0.274. The molecule has 1 aromatic carbocycles. The van der Waals surface area contributed by atoms with Gasteiger partial charge in [-0.25, -0.2) is 4.98 Å². The Labute approximate surface area is 191 Å². The number of aromatic nitrogens is 4. The molecule has 8 nitrogen and oxygen atoms in total. The number of hydrogen-bond donors (Lipinski definition) is 1. The van der Waals surface area contributed by atoms with Crippen LogP contribution in [0.25, 0.3) is 5.69 Å². The van der Waals surface area contributed by atoms with Gasteiger partial charge < -0.3 is 4.74 Å². The average molecular weight is 502 g/mol. The number of amides is 1. The summed E-state index contributed by atoms with van der Waals surface area (Å²) in [5, 5.41) is 11.6. The number of rotatable bonds is 6. The van der Waals surface area contributed by atoms with E-state index in [4.69, 9.17) is 0 Å². The summed E-state index contributed by atoms with van der Waals surface area (Å²) >= 11 is 3.66. The fourth-order valence-corrected chi connectivity index (χ4v) is 5.31. The van der Waals surface area contributed by atoms with E-state index < -0.39 is 12.1 Å². The number of anilines is 1. The number of nitrogens with zero attached hydrogens (tertiary/aromatic N) is 4. The Morgan fingerprint density at radius 3 is 2.69 bits per heavy atom. The molecular weight excluding hydrogens is 487 g/mol. The van der Waals surface area contributed by atoms with Crippen LogP contribution in [0.15, 0.2) is 39.1 Å². The van der Waals surface area contributed by atoms with Gasteiger partial charge in [0.15, 0.2) is 5.16 Å². The number of carbonyl (C=O) groups is 1. The van der Waals surface area contributed by atoms with Crippen LogP contribution in [0.4, 0.5) is 18.3 Å². The monoisotopic (exact) mass is 501 g/mol. The summed E-state index contributed by atoms with van der Waals surface area (Å²) in [6, 6.07) is 4.91. The Hall–Kier alpha value is -2.58. The highest BCUT2D eigenvalue weighted by Crippen LogP contribution is 2.31. The van der Waals surface area contributed by atoms with Crippen molar-refractivity contribution < 1.29 is 22.7 Å². The van der Waals surface area contributed by atoms with E-state index in [2.05, 4.69) is 25.2 Å². The molecular formula is C18H14F3N5O3S3. The summed E-state index contributed by atoms with van der Waals surface area (Å²) in [4.78, 5) is 30.4. The van der Waals surface area contributed by atoms with Crippen LogP contribution in [0.5, 0.6) is 5.75 Å². The number of aryl methyl sites for hydroxylation is 2. The lowest BCUT2D eigenvalue weighted by atomic mass is 10.3. The molecule has 0 atom stereocenters. The van der Waals surface area contributed by atoms with E-state index >= 15 is 0 Å². The van der Waals surface area contributed by atoms with Crippen LogP contribution in [0, 0.1) is 6.92 Å². The fourth-order valence-electron chi connectivity index (χ4n) is 2.85. The second-order valence-corrected chi connectivity index (χ2v) is 9.64. The molecule has 1 aliphatic heterocycles. The quantitative estimate of drug-likeness (QED) is 0.404. The molecule has 0 radical (unpaired) electrons. The molecule has 0 fully saturated rings. The molecule has 14 heteroatoms. The standard InChI is InChI=1S/C18H14F3N5O3S3/c1-9-24-25-16(32-9)23-13(27)8-31-17-22-12-6-7-30-14(12)15(28)26(17)10-2-4-11(5-3-10)29-18(19,20)21/h2-5H,6-8H2,1H3,(H,23,25,27). The van der Waals surface area contributed by atoms with E-state index in [0.717, 1.165) is 23.9 Å². The second-order valence-electron chi connectivity index (χ2n) is 6.41. The molecule has 0 aliphatic carbocycles. The number of hydrogen-bond acceptors (Lipinski definition) is 9. The maximum absolute atomic E-state index is 13.1. The smallest absolute Gasteiger partial charge is 0.406 e. The third kappa shape index (κ3) is 5.24. The number of carbonyl (C=O) groups excluding carboxylic acids is 1. The summed E-state index contributed by atoms with van der Waals surface area (Å²) < 4.78 is 42.5. The van der Waals surface area contributed by atoms with Gasteiger partial charge in [-0.1, -0.05) is 23.1 Å². The van der Waals surface area contributed by atoms with Gasteiger partial charge >= 0.3 is 6.36 Å². The molecule has 3 heterocycles. The number of alkyl halides is 3. The Kier molecular flexibility index (Phi) is 6.44. The minimum atomic E-state index is -4.82. The molecule has 32 heavy (non-hydrogen) atoms. The zero-order valence-corrected chi connectivity index (χ0v) is 18.8. The topological polar surface area (TPSA) is 99.0 Å². The summed E-state index contributed by atoms with van der Waals surface area (Å²) in [7, 11) is 0. The van der Waals surface area contributed by atoms with E-state index in [0.29, 0.717) is 38.6 Å². The fraction of sp³-hybridized carbons (Fsp3) is 0.278. The Bertz CT molecular complexity index is 1210. The van der Waals surface area contributed by atoms with E-state index in [1.807, 2.05) is 0 Å². The predicted molar refractivity (Wildman–Crippen MR) is 115 cm³/mol. The van der Waals surface area contributed by atoms with Crippen LogP contribution in [0.1, 0.15) is 10.7 Å². The van der Waals surface area contributed by atoms with Gasteiger partial charge in [0.05, 0.1) is 22.0 Å². The van der Waals surface area contributed by atoms with Crippen molar-refractivity contribution in [3.8, 4) is 11.4 Å². The number of thioether (sulfide) groups is 2. The maximum Gasteiger partial charge on any atom is 0.573 e. The molecule has 3 aromatic rings. The summed E-state index contributed by atoms with van der Waals surface area (Å²) in [5.41, 5.74) is 0.635. The molecule has 0 spiro atoms. The second kappa shape index (κ2) is 9.11. The number of fused-ring (bicyclic) bond motifs is 1. The van der Waals surface area contributed by atoms with Crippen molar-refractivity contribution in [1.82, 2.24) is 19.7 Å². The van der Waals surface area contributed by atoms with Gasteiger partial charge in [0.1, 0.15) is 10.8 Å². The first-order chi connectivity index (χ1) is 15.2. The van der Waals surface area contributed by atoms with Crippen molar-refractivity contribution in [2.45, 2.75) is 29.8 Å². The zero-order valence-electron chi connectivity index (χ0n) is 16.3. The van der Waals surface area contributed by atoms with Gasteiger partial charge in [-0.15, -0.1) is 35.1 Å². The van der Waals surface area contributed by atoms with Crippen molar-refractivity contribution in [1.29, 1.82) is 0 Å². The summed E-state index contributed by atoms with van der Waals surface area (Å²) in [6.45, 7) is 1.76. The molecule has 1 amide bonds. The third-order valence-electron chi connectivity index (χ3n) is 4.10. The van der Waals surface area contributed by atoms with E-state index in [9.17, 15) is 22.8 Å². The van der Waals surface area contributed by atoms with E-state index in [1.54, 1.807) is 6.92 Å². The highest BCUT2D eigenvalue weighted by Gasteiger charge is 2.31. The molecule has 0 unspecified atom stereocenters. The number of nitrogens with one attached hydrogen (secondary N) is 1. The van der Waals surface area contributed by atoms with Gasteiger partial charge in [-0.2, -0.15) is 0 Å². The van der Waals surface area contributed by atoms with Crippen LogP contribution >= 0.6 is 34.9 Å². The highest BCUT2D eigenvalue weighted by atomic mass is 32.2. The Balaban J connectivity index is 1.60. The van der Waals surface area contributed by atoms with Crippen molar-refractivity contribution in [3.05, 3.63) is 45.3 Å². The van der Waals surface area contributed by atoms with Gasteiger partial charge in [0, 0.05) is 12.2 Å². The van der Waals surface area contributed by atoms with Crippen LogP contribution < -0.4 is 15.6 Å². The third-order valence-corrected chi connectivity index (χ3v) is 6.90. The van der Waals surface area contributed by atoms with Gasteiger partial charge in [-0.3, -0.25) is 19.5 Å². The van der Waals surface area contributed by atoms with Crippen LogP contribution in [0.3, 0.4) is 0 Å². The van der Waals surface area contributed by atoms with Gasteiger partial charge in [0.2, 0.25) is 11.0 Å². The van der Waals surface area contributed by atoms with Crippen molar-refractivity contribution in [2.75, 3.05) is 16.8 Å². The maximum atomic E-state index is 13.1.